The van der Waals surface area contributed by atoms with Crippen molar-refractivity contribution in [2.45, 2.75) is 31.2 Å². The van der Waals surface area contributed by atoms with Crippen LogP contribution in [0.15, 0.2) is 35.2 Å². The largest absolute Gasteiger partial charge is 0.253 e. The van der Waals surface area contributed by atoms with Crippen molar-refractivity contribution < 1.29 is 8.42 Å². The lowest BCUT2D eigenvalue weighted by atomic mass is 10.1. The van der Waals surface area contributed by atoms with Gasteiger partial charge in [-0.15, -0.1) is 4.83 Å². The quantitative estimate of drug-likeness (QED) is 0.766. The molecule has 1 rings (SSSR count). The van der Waals surface area contributed by atoms with Crippen LogP contribution in [0.25, 0.3) is 0 Å². The Morgan fingerprint density at radius 3 is 2.07 bits per heavy atom. The van der Waals surface area contributed by atoms with E-state index < -0.39 is 10.0 Å². The van der Waals surface area contributed by atoms with Crippen molar-refractivity contribution in [3.8, 4) is 0 Å². The molecule has 0 saturated heterocycles. The van der Waals surface area contributed by atoms with E-state index in [4.69, 9.17) is 0 Å². The van der Waals surface area contributed by atoms with Gasteiger partial charge in [-0.05, 0) is 32.9 Å². The summed E-state index contributed by atoms with van der Waals surface area (Å²) < 4.78 is 23.4. The third-order valence-corrected chi connectivity index (χ3v) is 2.88. The van der Waals surface area contributed by atoms with E-state index in [2.05, 4.69) is 10.3 Å². The first-order valence-corrected chi connectivity index (χ1v) is 6.14. The lowest BCUT2D eigenvalue weighted by molar-refractivity contribution is 0.402. The number of nitrogens with one attached hydrogen (secondary N) is 2. The topological polar surface area (TPSA) is 58.2 Å². The molecule has 0 aliphatic heterocycles. The normalized spacial score (nSPS) is 12.7. The summed E-state index contributed by atoms with van der Waals surface area (Å²) in [6.45, 7) is 5.63. The summed E-state index contributed by atoms with van der Waals surface area (Å²) in [4.78, 5) is 2.59. The first-order valence-electron chi connectivity index (χ1n) is 4.65. The maximum Gasteiger partial charge on any atom is 0.253 e. The summed E-state index contributed by atoms with van der Waals surface area (Å²) in [5.41, 5.74) is 2.42. The molecule has 0 aliphatic rings. The van der Waals surface area contributed by atoms with Crippen molar-refractivity contribution in [2.24, 2.45) is 0 Å². The van der Waals surface area contributed by atoms with Crippen LogP contribution in [0.2, 0.25) is 0 Å². The molecule has 1 aromatic carbocycles. The Bertz CT molecular complexity index is 407. The predicted molar refractivity (Wildman–Crippen MR) is 59.7 cm³/mol. The van der Waals surface area contributed by atoms with Crippen molar-refractivity contribution in [3.63, 3.8) is 0 Å². The molecule has 0 bridgehead atoms. The van der Waals surface area contributed by atoms with Crippen LogP contribution in [0, 0.1) is 0 Å². The van der Waals surface area contributed by atoms with E-state index in [9.17, 15) is 8.42 Å². The Hall–Kier alpha value is -0.910. The van der Waals surface area contributed by atoms with Gasteiger partial charge in [0, 0.05) is 5.54 Å². The van der Waals surface area contributed by atoms with E-state index in [0.717, 1.165) is 0 Å². The molecule has 84 valence electrons. The standard InChI is InChI=1S/C10H16N2O2S/c1-10(2,3)11-12-15(13,14)9-7-5-4-6-8-9/h4-8,11-12H,1-3H3. The third kappa shape index (κ3) is 3.99. The van der Waals surface area contributed by atoms with Crippen LogP contribution in [-0.2, 0) is 10.0 Å². The number of hydrazine groups is 1. The average molecular weight is 228 g/mol. The highest BCUT2D eigenvalue weighted by Gasteiger charge is 2.16. The van der Waals surface area contributed by atoms with Crippen LogP contribution in [-0.4, -0.2) is 14.0 Å². The van der Waals surface area contributed by atoms with Crippen LogP contribution in [0.4, 0.5) is 0 Å². The molecule has 0 spiro atoms. The van der Waals surface area contributed by atoms with E-state index in [-0.39, 0.29) is 10.4 Å². The molecule has 0 aliphatic carbocycles. The Morgan fingerprint density at radius 2 is 1.60 bits per heavy atom. The van der Waals surface area contributed by atoms with Crippen molar-refractivity contribution >= 4 is 10.0 Å². The van der Waals surface area contributed by atoms with Gasteiger partial charge in [-0.25, -0.2) is 13.8 Å². The van der Waals surface area contributed by atoms with E-state index in [1.807, 2.05) is 20.8 Å². The summed E-state index contributed by atoms with van der Waals surface area (Å²) in [5, 5.41) is 0. The number of benzene rings is 1. The number of hydrogen-bond donors (Lipinski definition) is 2. The molecule has 15 heavy (non-hydrogen) atoms. The minimum Gasteiger partial charge on any atom is -0.239 e. The summed E-state index contributed by atoms with van der Waals surface area (Å²) in [6, 6.07) is 8.24. The van der Waals surface area contributed by atoms with Gasteiger partial charge in [-0.1, -0.05) is 18.2 Å². The van der Waals surface area contributed by atoms with Crippen LogP contribution in [0.1, 0.15) is 20.8 Å². The lowest BCUT2D eigenvalue weighted by Crippen LogP contribution is -2.48. The fourth-order valence-electron chi connectivity index (χ4n) is 0.879. The van der Waals surface area contributed by atoms with E-state index in [1.54, 1.807) is 30.3 Å². The monoisotopic (exact) mass is 228 g/mol. The highest BCUT2D eigenvalue weighted by molar-refractivity contribution is 7.89. The molecule has 5 heteroatoms. The molecular formula is C10H16N2O2S. The molecule has 2 N–H and O–H groups in total. The van der Waals surface area contributed by atoms with Gasteiger partial charge < -0.3 is 0 Å². The summed E-state index contributed by atoms with van der Waals surface area (Å²) in [5.74, 6) is 0. The second-order valence-electron chi connectivity index (χ2n) is 4.29. The highest BCUT2D eigenvalue weighted by atomic mass is 32.2. The summed E-state index contributed by atoms with van der Waals surface area (Å²) in [7, 11) is -3.45. The fourth-order valence-corrected chi connectivity index (χ4v) is 1.95. The second-order valence-corrected chi connectivity index (χ2v) is 5.98. The molecule has 0 saturated carbocycles. The van der Waals surface area contributed by atoms with Gasteiger partial charge in [0.1, 0.15) is 0 Å². The van der Waals surface area contributed by atoms with Gasteiger partial charge in [0.2, 0.25) is 0 Å². The Morgan fingerprint density at radius 1 is 1.07 bits per heavy atom. The molecule has 0 fully saturated rings. The number of hydrogen-bond acceptors (Lipinski definition) is 3. The SMILES string of the molecule is CC(C)(C)NNS(=O)(=O)c1ccccc1. The molecule has 1 aromatic rings. The van der Waals surface area contributed by atoms with Crippen molar-refractivity contribution in [3.05, 3.63) is 30.3 Å². The van der Waals surface area contributed by atoms with Gasteiger partial charge in [-0.3, -0.25) is 0 Å². The third-order valence-electron chi connectivity index (χ3n) is 1.61. The second kappa shape index (κ2) is 4.30. The Balaban J connectivity index is 2.78. The molecule has 0 atom stereocenters. The molecule has 0 amide bonds. The smallest absolute Gasteiger partial charge is 0.239 e. The van der Waals surface area contributed by atoms with Gasteiger partial charge >= 0.3 is 0 Å². The number of sulfonamides is 1. The van der Waals surface area contributed by atoms with Gasteiger partial charge in [0.05, 0.1) is 4.90 Å². The van der Waals surface area contributed by atoms with E-state index in [0.29, 0.717) is 0 Å². The zero-order chi connectivity index (χ0) is 11.5. The first-order chi connectivity index (χ1) is 6.81. The van der Waals surface area contributed by atoms with Crippen molar-refractivity contribution in [1.82, 2.24) is 10.3 Å². The molecule has 0 radical (unpaired) electrons. The van der Waals surface area contributed by atoms with Gasteiger partial charge in [0.25, 0.3) is 10.0 Å². The van der Waals surface area contributed by atoms with Gasteiger partial charge in [-0.2, -0.15) is 0 Å². The molecule has 4 nitrogen and oxygen atoms in total. The molecule has 0 aromatic heterocycles. The predicted octanol–water partition coefficient (Wildman–Crippen LogP) is 1.27. The van der Waals surface area contributed by atoms with Crippen LogP contribution >= 0.6 is 0 Å². The minimum absolute atomic E-state index is 0.252. The van der Waals surface area contributed by atoms with Crippen molar-refractivity contribution in [1.29, 1.82) is 0 Å². The maximum absolute atomic E-state index is 11.7. The first kappa shape index (κ1) is 12.2. The van der Waals surface area contributed by atoms with Crippen LogP contribution in [0.5, 0.6) is 0 Å². The number of rotatable bonds is 3. The zero-order valence-electron chi connectivity index (χ0n) is 9.11. The van der Waals surface area contributed by atoms with E-state index >= 15 is 0 Å². The fraction of sp³-hybridized carbons (Fsp3) is 0.400. The maximum atomic E-state index is 11.7. The lowest BCUT2D eigenvalue weighted by Gasteiger charge is -2.20. The van der Waals surface area contributed by atoms with Crippen LogP contribution in [0.3, 0.4) is 0 Å². The van der Waals surface area contributed by atoms with Gasteiger partial charge in [0.15, 0.2) is 0 Å². The van der Waals surface area contributed by atoms with E-state index in [1.165, 1.54) is 0 Å². The summed E-state index contributed by atoms with van der Waals surface area (Å²) >= 11 is 0. The molecular weight excluding hydrogens is 212 g/mol. The minimum atomic E-state index is -3.45. The summed E-state index contributed by atoms with van der Waals surface area (Å²) in [6.07, 6.45) is 0. The Kier molecular flexibility index (Phi) is 3.49. The Labute approximate surface area is 90.7 Å². The molecule has 0 unspecified atom stereocenters. The zero-order valence-corrected chi connectivity index (χ0v) is 9.93. The van der Waals surface area contributed by atoms with Crippen molar-refractivity contribution in [2.75, 3.05) is 0 Å². The van der Waals surface area contributed by atoms with Crippen LogP contribution < -0.4 is 10.3 Å². The molecule has 0 heterocycles. The highest BCUT2D eigenvalue weighted by Crippen LogP contribution is 2.07. The average Bonchev–Trinajstić information content (AvgIpc) is 2.16.